The number of nitrogens with one attached hydrogen (secondary N) is 2. The highest BCUT2D eigenvalue weighted by Crippen LogP contribution is 2.45. The number of halogens is 1. The van der Waals surface area contributed by atoms with E-state index in [1.165, 1.54) is 6.92 Å². The van der Waals surface area contributed by atoms with Gasteiger partial charge in [0.25, 0.3) is 0 Å². The van der Waals surface area contributed by atoms with Gasteiger partial charge in [-0.3, -0.25) is 14.4 Å². The van der Waals surface area contributed by atoms with Crippen molar-refractivity contribution in [3.05, 3.63) is 80.4 Å². The smallest absolute Gasteiger partial charge is 0.339 e. The summed E-state index contributed by atoms with van der Waals surface area (Å²) in [4.78, 5) is 52.5. The maximum absolute atomic E-state index is 13.7. The van der Waals surface area contributed by atoms with E-state index in [1.807, 2.05) is 30.3 Å². The standard InChI is InChI=1S/C36H43IN2O10/c1-20(41)30(33(44)38-24(19-40)13-14-29(42)48-35(2,3)4)39-32(43)23-15-27(46-34(45)25-11-7-8-12-26(25)37)31-28(16-23)47-36(49-31)17-21-9-5-6-10-22(21)18-36/h5-12,16,20,24,27-28,30-31,40-41H,13-15,17-19H2,1-4H3,(H,38,44)(H,39,43). The zero-order valence-electron chi connectivity index (χ0n) is 27.9. The van der Waals surface area contributed by atoms with Crippen LogP contribution in [0.3, 0.4) is 0 Å². The van der Waals surface area contributed by atoms with Crippen molar-refractivity contribution in [2.45, 2.75) is 108 Å². The van der Waals surface area contributed by atoms with E-state index in [4.69, 9.17) is 18.9 Å². The Hall–Kier alpha value is -3.37. The Kier molecular flexibility index (Phi) is 11.5. The highest BCUT2D eigenvalue weighted by molar-refractivity contribution is 14.1. The molecule has 5 rings (SSSR count). The van der Waals surface area contributed by atoms with Crippen LogP contribution < -0.4 is 10.6 Å². The molecule has 2 amide bonds. The molecule has 2 aromatic carbocycles. The number of aliphatic hydroxyl groups is 2. The Morgan fingerprint density at radius 3 is 2.29 bits per heavy atom. The van der Waals surface area contributed by atoms with Crippen LogP contribution in [0.4, 0.5) is 0 Å². The third-order valence-electron chi connectivity index (χ3n) is 8.60. The topological polar surface area (TPSA) is 170 Å². The summed E-state index contributed by atoms with van der Waals surface area (Å²) in [7, 11) is 0. The summed E-state index contributed by atoms with van der Waals surface area (Å²) >= 11 is 2.06. The lowest BCUT2D eigenvalue weighted by Gasteiger charge is -2.31. The van der Waals surface area contributed by atoms with Crippen molar-refractivity contribution in [3.8, 4) is 0 Å². The van der Waals surface area contributed by atoms with Gasteiger partial charge in [-0.2, -0.15) is 0 Å². The highest BCUT2D eigenvalue weighted by atomic mass is 127. The second kappa shape index (κ2) is 15.3. The van der Waals surface area contributed by atoms with Crippen LogP contribution in [0.1, 0.15) is 68.4 Å². The molecule has 49 heavy (non-hydrogen) atoms. The monoisotopic (exact) mass is 790 g/mol. The number of esters is 2. The van der Waals surface area contributed by atoms with Crippen molar-refractivity contribution in [2.75, 3.05) is 6.61 Å². The minimum atomic E-state index is -1.40. The first-order valence-corrected chi connectivity index (χ1v) is 17.5. The minimum Gasteiger partial charge on any atom is -0.460 e. The molecule has 3 aliphatic rings. The van der Waals surface area contributed by atoms with E-state index in [2.05, 4.69) is 33.2 Å². The number of carbonyl (C=O) groups is 4. The fourth-order valence-corrected chi connectivity index (χ4v) is 6.92. The minimum absolute atomic E-state index is 0.0299. The van der Waals surface area contributed by atoms with Crippen LogP contribution in [-0.4, -0.2) is 88.5 Å². The molecule has 13 heteroatoms. The molecule has 1 aliphatic heterocycles. The van der Waals surface area contributed by atoms with E-state index in [-0.39, 0.29) is 24.8 Å². The fourth-order valence-electron chi connectivity index (χ4n) is 6.31. The molecule has 0 saturated carbocycles. The highest BCUT2D eigenvalue weighted by Gasteiger charge is 2.55. The third kappa shape index (κ3) is 9.06. The Bertz CT molecular complexity index is 1580. The number of ether oxygens (including phenoxy) is 4. The molecule has 4 N–H and O–H groups in total. The van der Waals surface area contributed by atoms with Gasteiger partial charge < -0.3 is 39.8 Å². The van der Waals surface area contributed by atoms with E-state index < -0.39 is 78.2 Å². The number of fused-ring (bicyclic) bond motifs is 2. The maximum Gasteiger partial charge on any atom is 0.339 e. The fraction of sp³-hybridized carbons (Fsp3) is 0.500. The van der Waals surface area contributed by atoms with Crippen LogP contribution >= 0.6 is 22.6 Å². The van der Waals surface area contributed by atoms with Crippen LogP contribution in [0.25, 0.3) is 0 Å². The normalized spacial score (nSPS) is 22.6. The summed E-state index contributed by atoms with van der Waals surface area (Å²) in [5.74, 6) is -3.46. The van der Waals surface area contributed by atoms with Gasteiger partial charge in [-0.05, 0) is 86.0 Å². The molecule has 0 bridgehead atoms. The van der Waals surface area contributed by atoms with Crippen molar-refractivity contribution >= 4 is 46.3 Å². The predicted octanol–water partition coefficient (Wildman–Crippen LogP) is 2.89. The number of hydrogen-bond donors (Lipinski definition) is 4. The van der Waals surface area contributed by atoms with Gasteiger partial charge in [0.1, 0.15) is 30.0 Å². The van der Waals surface area contributed by atoms with E-state index in [1.54, 1.807) is 45.0 Å². The number of aliphatic hydroxyl groups excluding tert-OH is 2. The van der Waals surface area contributed by atoms with Gasteiger partial charge in [0.05, 0.1) is 24.3 Å². The lowest BCUT2D eigenvalue weighted by Crippen LogP contribution is -2.55. The first kappa shape index (κ1) is 36.9. The Balaban J connectivity index is 1.31. The molecule has 6 unspecified atom stereocenters. The quantitative estimate of drug-likeness (QED) is 0.196. The van der Waals surface area contributed by atoms with Crippen molar-refractivity contribution in [1.82, 2.24) is 10.6 Å². The van der Waals surface area contributed by atoms with Gasteiger partial charge in [-0.25, -0.2) is 4.79 Å². The Morgan fingerprint density at radius 1 is 1.02 bits per heavy atom. The molecule has 6 atom stereocenters. The van der Waals surface area contributed by atoms with Crippen molar-refractivity contribution in [1.29, 1.82) is 0 Å². The first-order chi connectivity index (χ1) is 23.2. The lowest BCUT2D eigenvalue weighted by atomic mass is 9.91. The van der Waals surface area contributed by atoms with Gasteiger partial charge >= 0.3 is 11.9 Å². The zero-order chi connectivity index (χ0) is 35.5. The molecule has 2 aromatic rings. The predicted molar refractivity (Wildman–Crippen MR) is 185 cm³/mol. The van der Waals surface area contributed by atoms with E-state index >= 15 is 0 Å². The van der Waals surface area contributed by atoms with E-state index in [0.717, 1.165) is 11.1 Å². The average molecular weight is 791 g/mol. The molecule has 2 aliphatic carbocycles. The maximum atomic E-state index is 13.7. The molecule has 1 spiro atoms. The second-order valence-electron chi connectivity index (χ2n) is 13.7. The number of carbonyl (C=O) groups excluding carboxylic acids is 4. The summed E-state index contributed by atoms with van der Waals surface area (Å²) in [5.41, 5.74) is 2.07. The molecule has 264 valence electrons. The molecule has 0 radical (unpaired) electrons. The van der Waals surface area contributed by atoms with Crippen LogP contribution in [0.15, 0.2) is 60.2 Å². The lowest BCUT2D eigenvalue weighted by molar-refractivity contribution is -0.172. The first-order valence-electron chi connectivity index (χ1n) is 16.4. The van der Waals surface area contributed by atoms with Crippen molar-refractivity contribution < 1.29 is 48.3 Å². The second-order valence-corrected chi connectivity index (χ2v) is 14.9. The van der Waals surface area contributed by atoms with Gasteiger partial charge in [0.2, 0.25) is 11.8 Å². The molecule has 1 fully saturated rings. The molecule has 1 heterocycles. The summed E-state index contributed by atoms with van der Waals surface area (Å²) < 4.78 is 25.1. The van der Waals surface area contributed by atoms with Crippen molar-refractivity contribution in [3.63, 3.8) is 0 Å². The van der Waals surface area contributed by atoms with Gasteiger partial charge in [0.15, 0.2) is 5.79 Å². The summed E-state index contributed by atoms with van der Waals surface area (Å²) in [6.45, 7) is 6.09. The Labute approximate surface area is 299 Å². The number of hydrogen-bond acceptors (Lipinski definition) is 10. The molecule has 1 saturated heterocycles. The molecule has 0 aromatic heterocycles. The van der Waals surface area contributed by atoms with Crippen LogP contribution in [0, 0.1) is 3.57 Å². The van der Waals surface area contributed by atoms with Gasteiger partial charge in [-0.15, -0.1) is 0 Å². The Morgan fingerprint density at radius 2 is 1.67 bits per heavy atom. The van der Waals surface area contributed by atoms with Crippen molar-refractivity contribution in [2.24, 2.45) is 0 Å². The van der Waals surface area contributed by atoms with Gasteiger partial charge in [-0.1, -0.05) is 36.4 Å². The van der Waals surface area contributed by atoms with E-state index in [9.17, 15) is 29.4 Å². The van der Waals surface area contributed by atoms with Gasteiger partial charge in [0, 0.05) is 34.8 Å². The summed E-state index contributed by atoms with van der Waals surface area (Å²) in [6, 6.07) is 12.7. The number of amides is 2. The largest absolute Gasteiger partial charge is 0.460 e. The number of benzene rings is 2. The molecule has 12 nitrogen and oxygen atoms in total. The summed E-state index contributed by atoms with van der Waals surface area (Å²) in [5, 5.41) is 25.6. The van der Waals surface area contributed by atoms with Crippen LogP contribution in [0.5, 0.6) is 0 Å². The van der Waals surface area contributed by atoms with Crippen LogP contribution in [0.2, 0.25) is 0 Å². The number of rotatable bonds is 11. The van der Waals surface area contributed by atoms with E-state index in [0.29, 0.717) is 22.0 Å². The third-order valence-corrected chi connectivity index (χ3v) is 9.54. The van der Waals surface area contributed by atoms with Crippen LogP contribution in [-0.2, 0) is 46.2 Å². The molecular weight excluding hydrogens is 747 g/mol. The molecular formula is C36H43IN2O10. The average Bonchev–Trinajstić information content (AvgIpc) is 3.58. The summed E-state index contributed by atoms with van der Waals surface area (Å²) in [6.07, 6.45) is -1.02. The SMILES string of the molecule is CC(O)C(NC(=O)C1=CC2OC3(Cc4ccccc4C3)OC2C(OC(=O)c2ccccc2I)C1)C(=O)NC(CO)CCC(=O)OC(C)(C)C. The zero-order valence-corrected chi connectivity index (χ0v) is 30.1.